The van der Waals surface area contributed by atoms with Gasteiger partial charge in [0.2, 0.25) is 0 Å². The zero-order chi connectivity index (χ0) is 20.8. The van der Waals surface area contributed by atoms with E-state index in [0.717, 1.165) is 6.54 Å². The SMILES string of the molecule is Cc1ccc2c(c1)c1c(n2CC[Si](C)C)-c2ccccc2C12C(C)(C)CC2(C)C. The van der Waals surface area contributed by atoms with Crippen molar-refractivity contribution in [3.05, 3.63) is 59.2 Å². The van der Waals surface area contributed by atoms with Crippen LogP contribution in [0.15, 0.2) is 42.5 Å². The van der Waals surface area contributed by atoms with E-state index >= 15 is 0 Å². The Morgan fingerprint density at radius 1 is 0.966 bits per heavy atom. The molecule has 0 aliphatic heterocycles. The molecule has 1 aromatic heterocycles. The number of aromatic nitrogens is 1. The van der Waals surface area contributed by atoms with Gasteiger partial charge in [0.05, 0.1) is 5.69 Å². The van der Waals surface area contributed by atoms with E-state index in [0.29, 0.717) is 0 Å². The van der Waals surface area contributed by atoms with Crippen molar-refractivity contribution in [2.45, 2.75) is 72.1 Å². The van der Waals surface area contributed by atoms with Crippen molar-refractivity contribution in [2.75, 3.05) is 0 Å². The zero-order valence-corrected chi connectivity index (χ0v) is 20.1. The van der Waals surface area contributed by atoms with Crippen LogP contribution >= 0.6 is 0 Å². The molecule has 5 rings (SSSR count). The largest absolute Gasteiger partial charge is 0.341 e. The zero-order valence-electron chi connectivity index (χ0n) is 19.1. The van der Waals surface area contributed by atoms with E-state index in [-0.39, 0.29) is 25.0 Å². The van der Waals surface area contributed by atoms with Crippen molar-refractivity contribution < 1.29 is 0 Å². The smallest absolute Gasteiger partial charge is 0.0536 e. The van der Waals surface area contributed by atoms with Crippen LogP contribution in [0.3, 0.4) is 0 Å². The Labute approximate surface area is 177 Å². The summed E-state index contributed by atoms with van der Waals surface area (Å²) in [5.74, 6) is 0. The maximum absolute atomic E-state index is 2.68. The number of fused-ring (bicyclic) bond motifs is 7. The molecule has 3 aromatic rings. The van der Waals surface area contributed by atoms with Gasteiger partial charge >= 0.3 is 0 Å². The topological polar surface area (TPSA) is 4.93 Å². The lowest BCUT2D eigenvalue weighted by molar-refractivity contribution is -0.0849. The van der Waals surface area contributed by atoms with Crippen LogP contribution < -0.4 is 0 Å². The summed E-state index contributed by atoms with van der Waals surface area (Å²) in [6, 6.07) is 17.8. The second-order valence-electron chi connectivity index (χ2n) is 11.1. The third-order valence-corrected chi connectivity index (χ3v) is 9.15. The lowest BCUT2D eigenvalue weighted by Gasteiger charge is -2.67. The lowest BCUT2D eigenvalue weighted by atomic mass is 9.35. The van der Waals surface area contributed by atoms with Crippen molar-refractivity contribution in [1.29, 1.82) is 0 Å². The van der Waals surface area contributed by atoms with Gasteiger partial charge in [0.1, 0.15) is 0 Å². The minimum absolute atomic E-state index is 0.0927. The maximum Gasteiger partial charge on any atom is 0.0536 e. The van der Waals surface area contributed by atoms with Crippen molar-refractivity contribution in [3.8, 4) is 11.3 Å². The lowest BCUT2D eigenvalue weighted by Crippen LogP contribution is -2.63. The Balaban J connectivity index is 1.94. The van der Waals surface area contributed by atoms with Gasteiger partial charge in [-0.15, -0.1) is 0 Å². The summed E-state index contributed by atoms with van der Waals surface area (Å²) in [5, 5.41) is 1.50. The van der Waals surface area contributed by atoms with E-state index in [1.165, 1.54) is 40.2 Å². The van der Waals surface area contributed by atoms with E-state index < -0.39 is 0 Å². The number of aryl methyl sites for hydroxylation is 2. The van der Waals surface area contributed by atoms with Crippen molar-refractivity contribution in [1.82, 2.24) is 4.57 Å². The molecule has 0 bridgehead atoms. The van der Waals surface area contributed by atoms with Crippen LogP contribution in [0.4, 0.5) is 0 Å². The highest BCUT2D eigenvalue weighted by atomic mass is 28.3. The van der Waals surface area contributed by atoms with Crippen LogP contribution in [0.1, 0.15) is 50.8 Å². The highest BCUT2D eigenvalue weighted by Crippen LogP contribution is 2.76. The second-order valence-corrected chi connectivity index (χ2v) is 14.0. The minimum atomic E-state index is -0.266. The number of hydrogen-bond donors (Lipinski definition) is 0. The Morgan fingerprint density at radius 2 is 1.66 bits per heavy atom. The summed E-state index contributed by atoms with van der Waals surface area (Å²) >= 11 is 0. The molecule has 29 heavy (non-hydrogen) atoms. The molecular weight excluding hydrogens is 366 g/mol. The van der Waals surface area contributed by atoms with Gasteiger partial charge < -0.3 is 4.57 Å². The number of benzene rings is 2. The Bertz CT molecular complexity index is 1110. The fourth-order valence-corrected chi connectivity index (χ4v) is 8.10. The minimum Gasteiger partial charge on any atom is -0.341 e. The molecule has 2 heteroatoms. The molecule has 0 amide bonds. The van der Waals surface area contributed by atoms with Gasteiger partial charge in [0.15, 0.2) is 0 Å². The van der Waals surface area contributed by atoms with Crippen molar-refractivity contribution in [2.24, 2.45) is 10.8 Å². The van der Waals surface area contributed by atoms with E-state index in [1.54, 1.807) is 11.1 Å². The summed E-state index contributed by atoms with van der Waals surface area (Å²) in [5.41, 5.74) is 9.61. The summed E-state index contributed by atoms with van der Waals surface area (Å²) in [6.45, 7) is 18.3. The second kappa shape index (κ2) is 5.88. The summed E-state index contributed by atoms with van der Waals surface area (Å²) in [6.07, 6.45) is 1.27. The van der Waals surface area contributed by atoms with Crippen LogP contribution in [0, 0.1) is 17.8 Å². The van der Waals surface area contributed by atoms with Gasteiger partial charge in [0.25, 0.3) is 0 Å². The predicted molar refractivity (Wildman–Crippen MR) is 127 cm³/mol. The fourth-order valence-electron chi connectivity index (χ4n) is 7.43. The van der Waals surface area contributed by atoms with Crippen LogP contribution in [0.2, 0.25) is 19.1 Å². The molecule has 2 aromatic carbocycles. The van der Waals surface area contributed by atoms with Crippen LogP contribution in [-0.2, 0) is 12.0 Å². The maximum atomic E-state index is 2.68. The molecule has 2 aliphatic rings. The Morgan fingerprint density at radius 3 is 2.31 bits per heavy atom. The van der Waals surface area contributed by atoms with E-state index in [4.69, 9.17) is 0 Å². The molecule has 1 fully saturated rings. The van der Waals surface area contributed by atoms with Crippen LogP contribution in [0.25, 0.3) is 22.2 Å². The third kappa shape index (κ3) is 2.22. The Kier molecular flexibility index (Phi) is 3.89. The molecular formula is C27H34NSi. The van der Waals surface area contributed by atoms with Crippen LogP contribution in [0.5, 0.6) is 0 Å². The highest BCUT2D eigenvalue weighted by molar-refractivity contribution is 6.55. The molecule has 151 valence electrons. The van der Waals surface area contributed by atoms with Gasteiger partial charge in [-0.1, -0.05) is 76.7 Å². The Hall–Kier alpha value is -1.80. The summed E-state index contributed by atoms with van der Waals surface area (Å²) in [7, 11) is -0.266. The van der Waals surface area contributed by atoms with Crippen molar-refractivity contribution in [3.63, 3.8) is 0 Å². The standard InChI is InChI=1S/C27H34NSi/c1-18-12-13-22-20(16-18)23-24(28(22)14-15-29(6)7)19-10-8-9-11-21(19)27(23)25(2,3)17-26(27,4)5/h8-13,16H,14-15,17H2,1-7H3. The average molecular weight is 401 g/mol. The first-order valence-corrected chi connectivity index (χ1v) is 13.8. The van der Waals surface area contributed by atoms with Crippen molar-refractivity contribution >= 4 is 19.7 Å². The molecule has 1 spiro atoms. The van der Waals surface area contributed by atoms with Gasteiger partial charge in [0, 0.05) is 37.2 Å². The molecule has 1 nitrogen and oxygen atoms in total. The summed E-state index contributed by atoms with van der Waals surface area (Å²) < 4.78 is 2.68. The number of hydrogen-bond acceptors (Lipinski definition) is 0. The first-order chi connectivity index (χ1) is 13.6. The molecule has 0 saturated heterocycles. The summed E-state index contributed by atoms with van der Waals surface area (Å²) in [4.78, 5) is 0. The quantitative estimate of drug-likeness (QED) is 0.403. The molecule has 1 radical (unpaired) electrons. The fraction of sp³-hybridized carbons (Fsp3) is 0.481. The molecule has 1 heterocycles. The van der Waals surface area contributed by atoms with Gasteiger partial charge in [-0.25, -0.2) is 0 Å². The molecule has 0 N–H and O–H groups in total. The predicted octanol–water partition coefficient (Wildman–Crippen LogP) is 7.43. The van der Waals surface area contributed by atoms with E-state index in [2.05, 4.69) is 94.7 Å². The molecule has 0 unspecified atom stereocenters. The normalized spacial score (nSPS) is 20.1. The van der Waals surface area contributed by atoms with E-state index in [1.807, 2.05) is 0 Å². The monoisotopic (exact) mass is 400 g/mol. The number of nitrogens with zero attached hydrogens (tertiary/aromatic N) is 1. The molecule has 0 atom stereocenters. The third-order valence-electron chi connectivity index (χ3n) is 7.93. The first kappa shape index (κ1) is 19.2. The van der Waals surface area contributed by atoms with Gasteiger partial charge in [-0.2, -0.15) is 0 Å². The molecule has 2 aliphatic carbocycles. The van der Waals surface area contributed by atoms with Gasteiger partial charge in [-0.05, 0) is 53.5 Å². The van der Waals surface area contributed by atoms with Gasteiger partial charge in [-0.3, -0.25) is 0 Å². The van der Waals surface area contributed by atoms with Crippen LogP contribution in [-0.4, -0.2) is 13.4 Å². The van der Waals surface area contributed by atoms with E-state index in [9.17, 15) is 0 Å². The number of rotatable bonds is 3. The average Bonchev–Trinajstić information content (AvgIpc) is 3.11. The highest BCUT2D eigenvalue weighted by Gasteiger charge is 2.70. The molecule has 1 saturated carbocycles. The first-order valence-electron chi connectivity index (χ1n) is 11.1.